The second-order valence-electron chi connectivity index (χ2n) is 5.21. The smallest absolute Gasteiger partial charge is 0.252 e. The number of piperazine rings is 1. The molecule has 6 heteroatoms. The number of hydrogen-bond acceptors (Lipinski definition) is 5. The molecule has 6 nitrogen and oxygen atoms in total. The number of hydrogen-bond donors (Lipinski definition) is 2. The summed E-state index contributed by atoms with van der Waals surface area (Å²) in [7, 11) is 0. The fourth-order valence-corrected chi connectivity index (χ4v) is 2.45. The molecule has 1 aromatic heterocycles. The number of H-pyrrole nitrogens is 1. The normalized spacial score (nSPS) is 20.1. The first-order valence-electron chi connectivity index (χ1n) is 6.18. The average molecular weight is 252 g/mol. The van der Waals surface area contributed by atoms with Crippen LogP contribution in [0.15, 0.2) is 17.2 Å². The van der Waals surface area contributed by atoms with Gasteiger partial charge in [0.2, 0.25) is 0 Å². The van der Waals surface area contributed by atoms with Crippen LogP contribution in [0.4, 0.5) is 5.82 Å². The maximum atomic E-state index is 11.3. The lowest BCUT2D eigenvalue weighted by atomic mass is 9.99. The largest absolute Gasteiger partial charge is 0.395 e. The first-order chi connectivity index (χ1) is 8.53. The van der Waals surface area contributed by atoms with Crippen LogP contribution in [0.2, 0.25) is 0 Å². The van der Waals surface area contributed by atoms with Crippen molar-refractivity contribution in [2.24, 2.45) is 0 Å². The molecule has 0 radical (unpaired) electrons. The molecule has 2 heterocycles. The Kier molecular flexibility index (Phi) is 3.68. The summed E-state index contributed by atoms with van der Waals surface area (Å²) in [6, 6.07) is 1.53. The lowest BCUT2D eigenvalue weighted by Crippen LogP contribution is -2.60. The van der Waals surface area contributed by atoms with Gasteiger partial charge in [-0.1, -0.05) is 0 Å². The minimum absolute atomic E-state index is 0.0364. The second kappa shape index (κ2) is 5.07. The summed E-state index contributed by atoms with van der Waals surface area (Å²) in [5, 5.41) is 9.06. The molecular weight excluding hydrogens is 232 g/mol. The second-order valence-corrected chi connectivity index (χ2v) is 5.21. The molecular formula is C12H20N4O2. The van der Waals surface area contributed by atoms with Gasteiger partial charge in [-0.2, -0.15) is 0 Å². The summed E-state index contributed by atoms with van der Waals surface area (Å²) in [6.07, 6.45) is 1.44. The number of nitrogens with one attached hydrogen (secondary N) is 1. The van der Waals surface area contributed by atoms with Gasteiger partial charge in [-0.3, -0.25) is 9.69 Å². The number of nitrogens with zero attached hydrogens (tertiary/aromatic N) is 3. The van der Waals surface area contributed by atoms with Gasteiger partial charge in [0.15, 0.2) is 0 Å². The topological polar surface area (TPSA) is 72.5 Å². The highest BCUT2D eigenvalue weighted by atomic mass is 16.3. The van der Waals surface area contributed by atoms with Gasteiger partial charge in [0.1, 0.15) is 5.82 Å². The minimum Gasteiger partial charge on any atom is -0.395 e. The van der Waals surface area contributed by atoms with Gasteiger partial charge in [-0.25, -0.2) is 4.98 Å². The molecule has 1 aliphatic rings. The Hall–Kier alpha value is -1.40. The predicted molar refractivity (Wildman–Crippen MR) is 69.8 cm³/mol. The molecule has 0 amide bonds. The minimum atomic E-state index is -0.129. The van der Waals surface area contributed by atoms with Gasteiger partial charge in [0, 0.05) is 37.8 Å². The predicted octanol–water partition coefficient (Wildman–Crippen LogP) is -0.337. The van der Waals surface area contributed by atoms with Crippen LogP contribution in [0.3, 0.4) is 0 Å². The van der Waals surface area contributed by atoms with Crippen molar-refractivity contribution < 1.29 is 5.11 Å². The van der Waals surface area contributed by atoms with Crippen molar-refractivity contribution in [3.8, 4) is 0 Å². The molecule has 18 heavy (non-hydrogen) atoms. The highest BCUT2D eigenvalue weighted by molar-refractivity contribution is 5.38. The van der Waals surface area contributed by atoms with Crippen LogP contribution in [0.1, 0.15) is 13.8 Å². The summed E-state index contributed by atoms with van der Waals surface area (Å²) in [4.78, 5) is 22.4. The van der Waals surface area contributed by atoms with Crippen molar-refractivity contribution in [1.82, 2.24) is 14.9 Å². The number of aliphatic hydroxyl groups excluding tert-OH is 1. The van der Waals surface area contributed by atoms with Crippen LogP contribution in [0, 0.1) is 0 Å². The number of rotatable bonds is 3. The molecule has 1 saturated heterocycles. The zero-order valence-corrected chi connectivity index (χ0v) is 10.9. The van der Waals surface area contributed by atoms with E-state index in [4.69, 9.17) is 5.11 Å². The quantitative estimate of drug-likeness (QED) is 0.770. The van der Waals surface area contributed by atoms with E-state index in [1.807, 2.05) is 0 Å². The van der Waals surface area contributed by atoms with E-state index in [1.165, 1.54) is 12.4 Å². The molecule has 1 aromatic rings. The fraction of sp³-hybridized carbons (Fsp3) is 0.667. The molecule has 1 fully saturated rings. The summed E-state index contributed by atoms with van der Waals surface area (Å²) in [6.45, 7) is 7.62. The van der Waals surface area contributed by atoms with Gasteiger partial charge >= 0.3 is 0 Å². The van der Waals surface area contributed by atoms with Crippen LogP contribution in [-0.2, 0) is 0 Å². The molecule has 0 atom stereocenters. The van der Waals surface area contributed by atoms with Crippen LogP contribution >= 0.6 is 0 Å². The van der Waals surface area contributed by atoms with Crippen molar-refractivity contribution in [3.05, 3.63) is 22.7 Å². The number of anilines is 1. The summed E-state index contributed by atoms with van der Waals surface area (Å²) >= 11 is 0. The van der Waals surface area contributed by atoms with E-state index in [2.05, 4.69) is 33.6 Å². The third kappa shape index (κ3) is 2.70. The third-order valence-corrected chi connectivity index (χ3v) is 3.43. The van der Waals surface area contributed by atoms with Crippen LogP contribution in [0.25, 0.3) is 0 Å². The molecule has 0 spiro atoms. The van der Waals surface area contributed by atoms with Crippen LogP contribution < -0.4 is 10.5 Å². The van der Waals surface area contributed by atoms with Crippen molar-refractivity contribution in [2.45, 2.75) is 19.4 Å². The monoisotopic (exact) mass is 252 g/mol. The highest BCUT2D eigenvalue weighted by Gasteiger charge is 2.33. The van der Waals surface area contributed by atoms with Crippen molar-refractivity contribution in [3.63, 3.8) is 0 Å². The molecule has 0 aromatic carbocycles. The Morgan fingerprint density at radius 1 is 1.50 bits per heavy atom. The zero-order valence-electron chi connectivity index (χ0n) is 10.9. The third-order valence-electron chi connectivity index (χ3n) is 3.43. The van der Waals surface area contributed by atoms with Gasteiger partial charge in [0.05, 0.1) is 12.9 Å². The van der Waals surface area contributed by atoms with Crippen LogP contribution in [0.5, 0.6) is 0 Å². The molecule has 2 rings (SSSR count). The van der Waals surface area contributed by atoms with Crippen molar-refractivity contribution in [2.75, 3.05) is 37.7 Å². The number of aromatic nitrogens is 2. The molecule has 0 bridgehead atoms. The fourth-order valence-electron chi connectivity index (χ4n) is 2.45. The standard InChI is InChI=1S/C12H20N4O2/c1-12(2)8-15(3-4-16(12)5-6-17)10-7-11(18)14-9-13-10/h7,9,17H,3-6,8H2,1-2H3,(H,13,14,18). The molecule has 0 unspecified atom stereocenters. The van der Waals surface area contributed by atoms with E-state index in [-0.39, 0.29) is 17.7 Å². The Balaban J connectivity index is 2.13. The molecule has 0 saturated carbocycles. The van der Waals surface area contributed by atoms with Crippen LogP contribution in [-0.4, -0.2) is 58.3 Å². The van der Waals surface area contributed by atoms with Gasteiger partial charge in [-0.05, 0) is 13.8 Å². The van der Waals surface area contributed by atoms with Crippen molar-refractivity contribution in [1.29, 1.82) is 0 Å². The van der Waals surface area contributed by atoms with E-state index in [0.717, 1.165) is 25.5 Å². The van der Waals surface area contributed by atoms with E-state index in [9.17, 15) is 4.79 Å². The molecule has 100 valence electrons. The maximum absolute atomic E-state index is 11.3. The summed E-state index contributed by atoms with van der Waals surface area (Å²) < 4.78 is 0. The first-order valence-corrected chi connectivity index (χ1v) is 6.18. The van der Waals surface area contributed by atoms with Gasteiger partial charge < -0.3 is 15.0 Å². The Bertz CT molecular complexity index is 457. The average Bonchev–Trinajstić information content (AvgIpc) is 2.31. The molecule has 1 aliphatic heterocycles. The highest BCUT2D eigenvalue weighted by Crippen LogP contribution is 2.23. The van der Waals surface area contributed by atoms with E-state index < -0.39 is 0 Å². The number of aliphatic hydroxyl groups is 1. The Labute approximate surface area is 106 Å². The Morgan fingerprint density at radius 2 is 2.28 bits per heavy atom. The maximum Gasteiger partial charge on any atom is 0.252 e. The number of β-amino-alcohol motifs (C(OH)–C–C–N with tert-alkyl or cyclic N) is 1. The summed E-state index contributed by atoms with van der Waals surface area (Å²) in [5.74, 6) is 0.718. The number of aromatic amines is 1. The van der Waals surface area contributed by atoms with Crippen molar-refractivity contribution >= 4 is 5.82 Å². The summed E-state index contributed by atoms with van der Waals surface area (Å²) in [5.41, 5.74) is -0.166. The Morgan fingerprint density at radius 3 is 2.89 bits per heavy atom. The van der Waals surface area contributed by atoms with E-state index in [1.54, 1.807) is 0 Å². The SMILES string of the molecule is CC1(C)CN(c2cc(=O)[nH]cn2)CCN1CCO. The van der Waals surface area contributed by atoms with Gasteiger partial charge in [0.25, 0.3) is 5.56 Å². The van der Waals surface area contributed by atoms with E-state index >= 15 is 0 Å². The zero-order chi connectivity index (χ0) is 13.2. The molecule has 2 N–H and O–H groups in total. The molecule has 0 aliphatic carbocycles. The lowest BCUT2D eigenvalue weighted by Gasteiger charge is -2.47. The van der Waals surface area contributed by atoms with Gasteiger partial charge in [-0.15, -0.1) is 0 Å². The van der Waals surface area contributed by atoms with E-state index in [0.29, 0.717) is 6.54 Å². The lowest BCUT2D eigenvalue weighted by molar-refractivity contribution is 0.0810. The first kappa shape index (κ1) is 13.0.